The maximum atomic E-state index is 10.9. The molecule has 0 amide bonds. The van der Waals surface area contributed by atoms with Gasteiger partial charge in [-0.2, -0.15) is 0 Å². The smallest absolute Gasteiger partial charge is 0.0760 e. The number of fused-ring (bicyclic) bond motifs is 2. The first-order valence-electron chi connectivity index (χ1n) is 8.86. The average Bonchev–Trinajstić information content (AvgIpc) is 2.35. The second-order valence-electron chi connectivity index (χ2n) is 8.58. The Balaban J connectivity index is 2.33. The molecule has 0 spiro atoms. The van der Waals surface area contributed by atoms with Crippen LogP contribution in [0.15, 0.2) is 23.3 Å². The number of hydrogen-bond acceptors (Lipinski definition) is 2. The third-order valence-electron chi connectivity index (χ3n) is 6.29. The summed E-state index contributed by atoms with van der Waals surface area (Å²) in [6, 6.07) is 0. The SMILES string of the molecule is C/C1=C\[C@@H](O)C/C(C)=C/C[C@H]2CC[C@@](C)(O)[C@H](CC1)C2(C)C. The summed E-state index contributed by atoms with van der Waals surface area (Å²) in [6.45, 7) is 11.0. The van der Waals surface area contributed by atoms with Crippen molar-refractivity contribution in [3.8, 4) is 0 Å². The van der Waals surface area contributed by atoms with Gasteiger partial charge in [0.2, 0.25) is 0 Å². The van der Waals surface area contributed by atoms with E-state index in [1.54, 1.807) is 0 Å². The molecular formula is C20H34O2. The van der Waals surface area contributed by atoms with Gasteiger partial charge in [-0.25, -0.2) is 0 Å². The summed E-state index contributed by atoms with van der Waals surface area (Å²) in [4.78, 5) is 0. The Kier molecular flexibility index (Phi) is 5.23. The molecule has 4 atom stereocenters. The van der Waals surface area contributed by atoms with Gasteiger partial charge in [0.15, 0.2) is 0 Å². The molecule has 2 bridgehead atoms. The van der Waals surface area contributed by atoms with E-state index in [9.17, 15) is 10.2 Å². The second-order valence-corrected chi connectivity index (χ2v) is 8.58. The molecule has 126 valence electrons. The molecule has 0 heterocycles. The first kappa shape index (κ1) is 17.7. The van der Waals surface area contributed by atoms with Crippen molar-refractivity contribution >= 4 is 0 Å². The highest BCUT2D eigenvalue weighted by atomic mass is 16.3. The molecule has 22 heavy (non-hydrogen) atoms. The Bertz CT molecular complexity index is 456. The van der Waals surface area contributed by atoms with E-state index < -0.39 is 5.60 Å². The second kappa shape index (κ2) is 6.49. The number of hydrogen-bond donors (Lipinski definition) is 2. The van der Waals surface area contributed by atoms with Gasteiger partial charge in [-0.05, 0) is 76.5 Å². The predicted molar refractivity (Wildman–Crippen MR) is 92.6 cm³/mol. The Morgan fingerprint density at radius 3 is 2.45 bits per heavy atom. The van der Waals surface area contributed by atoms with Crippen LogP contribution in [0.2, 0.25) is 0 Å². The van der Waals surface area contributed by atoms with Crippen LogP contribution in [0, 0.1) is 17.3 Å². The van der Waals surface area contributed by atoms with Crippen LogP contribution in [0.4, 0.5) is 0 Å². The monoisotopic (exact) mass is 306 g/mol. The van der Waals surface area contributed by atoms with Crippen molar-refractivity contribution in [1.29, 1.82) is 0 Å². The summed E-state index contributed by atoms with van der Waals surface area (Å²) in [5.74, 6) is 0.931. The normalized spacial score (nSPS) is 44.8. The molecule has 0 aliphatic heterocycles. The molecule has 2 aliphatic rings. The van der Waals surface area contributed by atoms with E-state index in [1.807, 2.05) is 13.0 Å². The molecule has 0 saturated heterocycles. The van der Waals surface area contributed by atoms with Crippen molar-refractivity contribution in [1.82, 2.24) is 0 Å². The fourth-order valence-corrected chi connectivity index (χ4v) is 4.80. The molecule has 2 heteroatoms. The van der Waals surface area contributed by atoms with Crippen molar-refractivity contribution in [3.63, 3.8) is 0 Å². The zero-order valence-electron chi connectivity index (χ0n) is 15.0. The van der Waals surface area contributed by atoms with E-state index >= 15 is 0 Å². The van der Waals surface area contributed by atoms with E-state index in [4.69, 9.17) is 0 Å². The Hall–Kier alpha value is -0.600. The van der Waals surface area contributed by atoms with Gasteiger partial charge in [-0.15, -0.1) is 0 Å². The summed E-state index contributed by atoms with van der Waals surface area (Å²) in [6.07, 6.45) is 9.74. The average molecular weight is 306 g/mol. The van der Waals surface area contributed by atoms with E-state index in [1.165, 1.54) is 11.1 Å². The van der Waals surface area contributed by atoms with E-state index in [0.29, 0.717) is 11.8 Å². The summed E-state index contributed by atoms with van der Waals surface area (Å²) >= 11 is 0. The minimum Gasteiger partial charge on any atom is -0.390 e. The zero-order valence-corrected chi connectivity index (χ0v) is 15.0. The fraction of sp³-hybridized carbons (Fsp3) is 0.800. The Morgan fingerprint density at radius 2 is 1.77 bits per heavy atom. The summed E-state index contributed by atoms with van der Waals surface area (Å²) < 4.78 is 0. The van der Waals surface area contributed by atoms with Crippen molar-refractivity contribution in [3.05, 3.63) is 23.3 Å². The van der Waals surface area contributed by atoms with Gasteiger partial charge in [0, 0.05) is 0 Å². The van der Waals surface area contributed by atoms with Crippen LogP contribution in [0.3, 0.4) is 0 Å². The topological polar surface area (TPSA) is 40.5 Å². The molecule has 2 N–H and O–H groups in total. The highest BCUT2D eigenvalue weighted by Gasteiger charge is 2.49. The molecule has 0 aromatic rings. The van der Waals surface area contributed by atoms with Crippen molar-refractivity contribution < 1.29 is 10.2 Å². The molecule has 0 aromatic heterocycles. The zero-order chi connectivity index (χ0) is 16.5. The predicted octanol–water partition coefficient (Wildman–Crippen LogP) is 4.62. The van der Waals surface area contributed by atoms with Crippen LogP contribution in [0.25, 0.3) is 0 Å². The molecule has 2 nitrogen and oxygen atoms in total. The lowest BCUT2D eigenvalue weighted by molar-refractivity contribution is -0.118. The lowest BCUT2D eigenvalue weighted by atomic mass is 9.54. The summed E-state index contributed by atoms with van der Waals surface area (Å²) in [7, 11) is 0. The molecule has 0 radical (unpaired) electrons. The minimum absolute atomic E-state index is 0.149. The largest absolute Gasteiger partial charge is 0.390 e. The molecular weight excluding hydrogens is 272 g/mol. The third kappa shape index (κ3) is 3.83. The lowest BCUT2D eigenvalue weighted by Gasteiger charge is -2.53. The van der Waals surface area contributed by atoms with Gasteiger partial charge < -0.3 is 10.2 Å². The maximum Gasteiger partial charge on any atom is 0.0760 e. The highest BCUT2D eigenvalue weighted by Crippen LogP contribution is 2.53. The van der Waals surface area contributed by atoms with Crippen molar-refractivity contribution in [2.75, 3.05) is 0 Å². The van der Waals surface area contributed by atoms with E-state index in [0.717, 1.165) is 38.5 Å². The molecule has 2 aliphatic carbocycles. The molecule has 1 fully saturated rings. The number of aliphatic hydroxyl groups is 2. The molecule has 0 aromatic carbocycles. The minimum atomic E-state index is -0.568. The Morgan fingerprint density at radius 1 is 1.09 bits per heavy atom. The van der Waals surface area contributed by atoms with Gasteiger partial charge in [-0.3, -0.25) is 0 Å². The number of rotatable bonds is 0. The standard InChI is InChI=1S/C20H34O2/c1-14-6-8-16-10-11-20(5,22)18(19(16,3)4)9-7-15(2)13-17(21)12-14/h6,13,16-18,21-22H,7-12H2,1-5H3/b14-6+,15-13+/t16-,17-,18+,20+/m0/s1. The first-order valence-corrected chi connectivity index (χ1v) is 8.86. The van der Waals surface area contributed by atoms with Gasteiger partial charge in [0.1, 0.15) is 0 Å². The maximum absolute atomic E-state index is 10.9. The van der Waals surface area contributed by atoms with E-state index in [2.05, 4.69) is 33.8 Å². The van der Waals surface area contributed by atoms with Gasteiger partial charge in [0.25, 0.3) is 0 Å². The van der Waals surface area contributed by atoms with Gasteiger partial charge in [0.05, 0.1) is 11.7 Å². The summed E-state index contributed by atoms with van der Waals surface area (Å²) in [5.41, 5.74) is 2.11. The lowest BCUT2D eigenvalue weighted by Crippen LogP contribution is -2.51. The van der Waals surface area contributed by atoms with Crippen LogP contribution in [-0.2, 0) is 0 Å². The van der Waals surface area contributed by atoms with Crippen LogP contribution >= 0.6 is 0 Å². The van der Waals surface area contributed by atoms with Gasteiger partial charge in [-0.1, -0.05) is 37.1 Å². The Labute approximate surface area is 136 Å². The van der Waals surface area contributed by atoms with Crippen LogP contribution in [-0.4, -0.2) is 21.9 Å². The molecule has 2 rings (SSSR count). The summed E-state index contributed by atoms with van der Waals surface area (Å²) in [5, 5.41) is 21.1. The highest BCUT2D eigenvalue weighted by molar-refractivity contribution is 5.11. The fourth-order valence-electron chi connectivity index (χ4n) is 4.80. The number of aliphatic hydroxyl groups excluding tert-OH is 1. The van der Waals surface area contributed by atoms with Crippen molar-refractivity contribution in [2.45, 2.75) is 84.8 Å². The van der Waals surface area contributed by atoms with Crippen LogP contribution < -0.4 is 0 Å². The van der Waals surface area contributed by atoms with Gasteiger partial charge >= 0.3 is 0 Å². The third-order valence-corrected chi connectivity index (χ3v) is 6.29. The quantitative estimate of drug-likeness (QED) is 0.641. The molecule has 0 unspecified atom stereocenters. The molecule has 1 saturated carbocycles. The van der Waals surface area contributed by atoms with Crippen LogP contribution in [0.1, 0.15) is 73.1 Å². The van der Waals surface area contributed by atoms with Crippen LogP contribution in [0.5, 0.6) is 0 Å². The number of allylic oxidation sites excluding steroid dienone is 2. The van der Waals surface area contributed by atoms with E-state index in [-0.39, 0.29) is 11.5 Å². The first-order chi connectivity index (χ1) is 10.1. The van der Waals surface area contributed by atoms with Crippen molar-refractivity contribution in [2.24, 2.45) is 17.3 Å².